The van der Waals surface area contributed by atoms with E-state index in [1.807, 2.05) is 4.68 Å². The Hall–Kier alpha value is -1.54. The van der Waals surface area contributed by atoms with Crippen molar-refractivity contribution in [2.75, 3.05) is 27.2 Å². The molecule has 0 aromatic carbocycles. The monoisotopic (exact) mass is 308 g/mol. The van der Waals surface area contributed by atoms with E-state index >= 15 is 0 Å². The molecule has 1 aliphatic heterocycles. The molecule has 0 spiro atoms. The SMILES string of the molecule is CN(C)C(=O)CC1(O)CCCN(Cc2nnnn2C2CC2)C1. The summed E-state index contributed by atoms with van der Waals surface area (Å²) in [5, 5.41) is 22.7. The fourth-order valence-corrected chi connectivity index (χ4v) is 3.04. The summed E-state index contributed by atoms with van der Waals surface area (Å²) in [6.07, 6.45) is 3.99. The van der Waals surface area contributed by atoms with E-state index in [0.717, 1.165) is 31.6 Å². The minimum atomic E-state index is -0.947. The summed E-state index contributed by atoms with van der Waals surface area (Å²) >= 11 is 0. The largest absolute Gasteiger partial charge is 0.388 e. The molecule has 8 heteroatoms. The lowest BCUT2D eigenvalue weighted by Gasteiger charge is -2.39. The number of hydrogen-bond acceptors (Lipinski definition) is 6. The third-order valence-corrected chi connectivity index (χ3v) is 4.43. The fourth-order valence-electron chi connectivity index (χ4n) is 3.04. The van der Waals surface area contributed by atoms with Gasteiger partial charge in [0, 0.05) is 20.6 Å². The molecule has 1 aromatic heterocycles. The van der Waals surface area contributed by atoms with E-state index in [-0.39, 0.29) is 12.3 Å². The number of tetrazole rings is 1. The first-order chi connectivity index (χ1) is 10.5. The second-order valence-corrected chi connectivity index (χ2v) is 6.77. The molecule has 1 atom stereocenters. The van der Waals surface area contributed by atoms with Crippen molar-refractivity contribution >= 4 is 5.91 Å². The van der Waals surface area contributed by atoms with Crippen LogP contribution in [-0.4, -0.2) is 73.8 Å². The fraction of sp³-hybridized carbons (Fsp3) is 0.857. The second-order valence-electron chi connectivity index (χ2n) is 6.77. The van der Waals surface area contributed by atoms with Gasteiger partial charge in [-0.3, -0.25) is 9.69 Å². The van der Waals surface area contributed by atoms with Crippen molar-refractivity contribution in [3.05, 3.63) is 5.82 Å². The Bertz CT molecular complexity index is 541. The predicted octanol–water partition coefficient (Wildman–Crippen LogP) is -0.187. The summed E-state index contributed by atoms with van der Waals surface area (Å²) in [6, 6.07) is 0.448. The first kappa shape index (κ1) is 15.4. The minimum Gasteiger partial charge on any atom is -0.388 e. The Morgan fingerprint density at radius 1 is 1.45 bits per heavy atom. The standard InChI is InChI=1S/C14H24N6O2/c1-18(2)13(21)8-14(22)6-3-7-19(10-14)9-12-15-16-17-20(12)11-4-5-11/h11,22H,3-10H2,1-2H3. The number of nitrogens with zero attached hydrogens (tertiary/aromatic N) is 6. The zero-order valence-electron chi connectivity index (χ0n) is 13.3. The van der Waals surface area contributed by atoms with Crippen molar-refractivity contribution < 1.29 is 9.90 Å². The number of carbonyl (C=O) groups excluding carboxylic acids is 1. The molecule has 122 valence electrons. The van der Waals surface area contributed by atoms with Crippen LogP contribution >= 0.6 is 0 Å². The molecular weight excluding hydrogens is 284 g/mol. The highest BCUT2D eigenvalue weighted by atomic mass is 16.3. The average molecular weight is 308 g/mol. The van der Waals surface area contributed by atoms with E-state index in [1.165, 1.54) is 4.90 Å². The van der Waals surface area contributed by atoms with Gasteiger partial charge in [-0.1, -0.05) is 0 Å². The highest BCUT2D eigenvalue weighted by Crippen LogP contribution is 2.35. The number of amides is 1. The van der Waals surface area contributed by atoms with Crippen molar-refractivity contribution in [1.29, 1.82) is 0 Å². The smallest absolute Gasteiger partial charge is 0.224 e. The number of carbonyl (C=O) groups is 1. The number of likely N-dealkylation sites (tertiary alicyclic amines) is 1. The van der Waals surface area contributed by atoms with E-state index < -0.39 is 5.60 Å². The van der Waals surface area contributed by atoms with Crippen LogP contribution in [0.15, 0.2) is 0 Å². The Labute approximate surface area is 130 Å². The number of hydrogen-bond donors (Lipinski definition) is 1. The van der Waals surface area contributed by atoms with Crippen LogP contribution in [0.4, 0.5) is 0 Å². The maximum atomic E-state index is 11.9. The van der Waals surface area contributed by atoms with Gasteiger partial charge in [-0.05, 0) is 42.7 Å². The van der Waals surface area contributed by atoms with Gasteiger partial charge in [0.05, 0.1) is 24.6 Å². The average Bonchev–Trinajstić information content (AvgIpc) is 3.19. The van der Waals surface area contributed by atoms with Gasteiger partial charge in [-0.15, -0.1) is 5.10 Å². The number of aliphatic hydroxyl groups is 1. The number of β-amino-alcohol motifs (C(OH)–C–C–N with tert-alkyl or cyclic N) is 1. The summed E-state index contributed by atoms with van der Waals surface area (Å²) < 4.78 is 1.90. The second kappa shape index (κ2) is 5.92. The molecule has 1 aliphatic carbocycles. The van der Waals surface area contributed by atoms with Gasteiger partial charge in [0.15, 0.2) is 5.82 Å². The predicted molar refractivity (Wildman–Crippen MR) is 78.9 cm³/mol. The van der Waals surface area contributed by atoms with Crippen LogP contribution in [0.25, 0.3) is 0 Å². The quantitative estimate of drug-likeness (QED) is 0.811. The van der Waals surface area contributed by atoms with Gasteiger partial charge in [0.25, 0.3) is 0 Å². The molecule has 1 unspecified atom stereocenters. The Balaban J connectivity index is 1.62. The van der Waals surface area contributed by atoms with Crippen molar-refractivity contribution in [2.24, 2.45) is 0 Å². The van der Waals surface area contributed by atoms with E-state index in [0.29, 0.717) is 25.6 Å². The Morgan fingerprint density at radius 2 is 2.23 bits per heavy atom. The molecule has 1 aromatic rings. The van der Waals surface area contributed by atoms with Crippen LogP contribution in [0.2, 0.25) is 0 Å². The van der Waals surface area contributed by atoms with Gasteiger partial charge in [-0.2, -0.15) is 0 Å². The summed E-state index contributed by atoms with van der Waals surface area (Å²) in [6.45, 7) is 2.02. The third kappa shape index (κ3) is 3.44. The number of aromatic nitrogens is 4. The molecule has 1 N–H and O–H groups in total. The van der Waals surface area contributed by atoms with Crippen LogP contribution in [0, 0.1) is 0 Å². The van der Waals surface area contributed by atoms with Crippen LogP contribution in [0.1, 0.15) is 44.0 Å². The van der Waals surface area contributed by atoms with Crippen molar-refractivity contribution in [3.8, 4) is 0 Å². The molecule has 2 heterocycles. The van der Waals surface area contributed by atoms with Crippen LogP contribution in [0.5, 0.6) is 0 Å². The third-order valence-electron chi connectivity index (χ3n) is 4.43. The van der Waals surface area contributed by atoms with Gasteiger partial charge in [0.1, 0.15) is 0 Å². The van der Waals surface area contributed by atoms with Gasteiger partial charge in [-0.25, -0.2) is 4.68 Å². The minimum absolute atomic E-state index is 0.0350. The van der Waals surface area contributed by atoms with Crippen LogP contribution in [0.3, 0.4) is 0 Å². The maximum Gasteiger partial charge on any atom is 0.224 e. The molecule has 3 rings (SSSR count). The van der Waals surface area contributed by atoms with Crippen molar-refractivity contribution in [3.63, 3.8) is 0 Å². The normalized spacial score (nSPS) is 26.1. The molecule has 1 saturated heterocycles. The molecule has 2 aliphatic rings. The maximum absolute atomic E-state index is 11.9. The molecule has 1 amide bonds. The highest BCUT2D eigenvalue weighted by molar-refractivity contribution is 5.76. The van der Waals surface area contributed by atoms with E-state index in [4.69, 9.17) is 0 Å². The topological polar surface area (TPSA) is 87.4 Å². The molecule has 1 saturated carbocycles. The number of rotatable bonds is 5. The van der Waals surface area contributed by atoms with E-state index in [1.54, 1.807) is 14.1 Å². The summed E-state index contributed by atoms with van der Waals surface area (Å²) in [5.41, 5.74) is -0.947. The van der Waals surface area contributed by atoms with Gasteiger partial charge in [0.2, 0.25) is 5.91 Å². The van der Waals surface area contributed by atoms with Gasteiger partial charge < -0.3 is 10.0 Å². The van der Waals surface area contributed by atoms with E-state index in [2.05, 4.69) is 20.4 Å². The molecule has 0 bridgehead atoms. The Morgan fingerprint density at radius 3 is 2.91 bits per heavy atom. The Kier molecular flexibility index (Phi) is 4.14. The lowest BCUT2D eigenvalue weighted by molar-refractivity contribution is -0.136. The van der Waals surface area contributed by atoms with Gasteiger partial charge >= 0.3 is 0 Å². The molecular formula is C14H24N6O2. The van der Waals surface area contributed by atoms with Crippen LogP contribution < -0.4 is 0 Å². The highest BCUT2D eigenvalue weighted by Gasteiger charge is 2.37. The summed E-state index contributed by atoms with van der Waals surface area (Å²) in [4.78, 5) is 15.6. The lowest BCUT2D eigenvalue weighted by atomic mass is 9.89. The van der Waals surface area contributed by atoms with E-state index in [9.17, 15) is 9.90 Å². The van der Waals surface area contributed by atoms with Crippen LogP contribution in [-0.2, 0) is 11.3 Å². The molecule has 2 fully saturated rings. The summed E-state index contributed by atoms with van der Waals surface area (Å²) in [5.74, 6) is 0.817. The first-order valence-electron chi connectivity index (χ1n) is 7.88. The zero-order chi connectivity index (χ0) is 15.7. The number of piperidine rings is 1. The molecule has 22 heavy (non-hydrogen) atoms. The molecule has 8 nitrogen and oxygen atoms in total. The van der Waals surface area contributed by atoms with Crippen molar-refractivity contribution in [2.45, 2.75) is 50.3 Å². The summed E-state index contributed by atoms with van der Waals surface area (Å²) in [7, 11) is 3.44. The zero-order valence-corrected chi connectivity index (χ0v) is 13.3. The van der Waals surface area contributed by atoms with Crippen molar-refractivity contribution in [1.82, 2.24) is 30.0 Å². The lowest BCUT2D eigenvalue weighted by Crippen LogP contribution is -2.50. The molecule has 0 radical (unpaired) electrons. The first-order valence-corrected chi connectivity index (χ1v) is 7.88.